The number of H-pyrrole nitrogens is 1. The lowest BCUT2D eigenvalue weighted by molar-refractivity contribution is -0.137. The van der Waals surface area contributed by atoms with Crippen molar-refractivity contribution in [3.8, 4) is 0 Å². The van der Waals surface area contributed by atoms with Gasteiger partial charge < -0.3 is 14.6 Å². The van der Waals surface area contributed by atoms with E-state index in [0.29, 0.717) is 31.0 Å². The van der Waals surface area contributed by atoms with Gasteiger partial charge in [0.2, 0.25) is 5.91 Å². The Morgan fingerprint density at radius 2 is 2.03 bits per heavy atom. The van der Waals surface area contributed by atoms with Crippen LogP contribution in [0.25, 0.3) is 11.2 Å². The van der Waals surface area contributed by atoms with E-state index in [9.17, 15) is 22.8 Å². The van der Waals surface area contributed by atoms with Crippen LogP contribution in [0.15, 0.2) is 45.7 Å². The average Bonchev–Trinajstić information content (AvgIpc) is 3.07. The summed E-state index contributed by atoms with van der Waals surface area (Å²) in [5, 5.41) is 2.73. The molecule has 11 heteroatoms. The summed E-state index contributed by atoms with van der Waals surface area (Å²) in [5.74, 6) is -0.861. The first kappa shape index (κ1) is 20.9. The van der Waals surface area contributed by atoms with Crippen molar-refractivity contribution in [1.29, 1.82) is 0 Å². The minimum absolute atomic E-state index is 0.0189. The van der Waals surface area contributed by atoms with Gasteiger partial charge in [0, 0.05) is 37.4 Å². The summed E-state index contributed by atoms with van der Waals surface area (Å²) in [4.78, 5) is 34.1. The monoisotopic (exact) mass is 435 g/mol. The summed E-state index contributed by atoms with van der Waals surface area (Å²) in [7, 11) is 0. The molecule has 1 fully saturated rings. The number of oxazole rings is 1. The Morgan fingerprint density at radius 3 is 2.71 bits per heavy atom. The van der Waals surface area contributed by atoms with Gasteiger partial charge in [-0.2, -0.15) is 13.2 Å². The minimum Gasteiger partial charge on any atom is -0.406 e. The molecule has 1 aliphatic heterocycles. The fourth-order valence-electron chi connectivity index (χ4n) is 3.71. The molecule has 0 unspecified atom stereocenters. The van der Waals surface area contributed by atoms with Crippen LogP contribution in [0.2, 0.25) is 0 Å². The quantitative estimate of drug-likeness (QED) is 0.655. The van der Waals surface area contributed by atoms with Crippen molar-refractivity contribution in [2.75, 3.05) is 36.4 Å². The molecule has 31 heavy (non-hydrogen) atoms. The zero-order valence-electron chi connectivity index (χ0n) is 16.6. The maximum atomic E-state index is 12.8. The Bertz CT molecular complexity index is 1140. The predicted molar refractivity (Wildman–Crippen MR) is 108 cm³/mol. The molecule has 0 bridgehead atoms. The Kier molecular flexibility index (Phi) is 5.44. The molecule has 3 heterocycles. The van der Waals surface area contributed by atoms with Crippen LogP contribution in [-0.4, -0.2) is 53.0 Å². The predicted octanol–water partition coefficient (Wildman–Crippen LogP) is 2.68. The first-order valence-electron chi connectivity index (χ1n) is 9.64. The normalized spacial score (nSPS) is 17.8. The molecule has 0 spiro atoms. The van der Waals surface area contributed by atoms with Gasteiger partial charge in [-0.3, -0.25) is 14.7 Å². The highest BCUT2D eigenvalue weighted by Gasteiger charge is 2.31. The average molecular weight is 435 g/mol. The highest BCUT2D eigenvalue weighted by molar-refractivity contribution is 5.93. The Morgan fingerprint density at radius 1 is 1.29 bits per heavy atom. The summed E-state index contributed by atoms with van der Waals surface area (Å²) in [5.41, 5.74) is 1.01. The maximum Gasteiger partial charge on any atom is 0.418 e. The Labute approximate surface area is 174 Å². The molecule has 1 aromatic carbocycles. The standard InChI is InChI=1S/C20H20F3N5O3/c1-12-10-27(6-7-28(12)15-4-2-13(3-5-15)20(21,22)23)11-17(29)25-14-8-16-18(24-9-14)26-19(30)31-16/h2-5,8-9,12H,6-7,10-11H2,1H3,(H,25,29)(H,24,26,30)/t12-/m1/s1. The summed E-state index contributed by atoms with van der Waals surface area (Å²) in [6, 6.07) is 6.65. The number of alkyl halides is 3. The van der Waals surface area contributed by atoms with Crippen LogP contribution in [0.5, 0.6) is 0 Å². The number of carbonyl (C=O) groups excluding carboxylic acids is 1. The molecular formula is C20H20F3N5O3. The molecular weight excluding hydrogens is 415 g/mol. The maximum absolute atomic E-state index is 12.8. The highest BCUT2D eigenvalue weighted by Crippen LogP contribution is 2.31. The van der Waals surface area contributed by atoms with E-state index >= 15 is 0 Å². The number of piperazine rings is 1. The van der Waals surface area contributed by atoms with Crippen molar-refractivity contribution in [3.05, 3.63) is 52.6 Å². The molecule has 2 N–H and O–H groups in total. The Balaban J connectivity index is 1.33. The lowest BCUT2D eigenvalue weighted by Gasteiger charge is -2.41. The van der Waals surface area contributed by atoms with Crippen molar-refractivity contribution in [2.45, 2.75) is 19.1 Å². The van der Waals surface area contributed by atoms with Crippen molar-refractivity contribution in [1.82, 2.24) is 14.9 Å². The van der Waals surface area contributed by atoms with Crippen LogP contribution in [0.3, 0.4) is 0 Å². The van der Waals surface area contributed by atoms with Gasteiger partial charge in [-0.25, -0.2) is 9.78 Å². The number of carbonyl (C=O) groups is 1. The summed E-state index contributed by atoms with van der Waals surface area (Å²) < 4.78 is 43.2. The molecule has 4 rings (SSSR count). The fourth-order valence-corrected chi connectivity index (χ4v) is 3.71. The van der Waals surface area contributed by atoms with E-state index in [1.165, 1.54) is 24.4 Å². The zero-order valence-corrected chi connectivity index (χ0v) is 16.6. The number of nitrogens with zero attached hydrogens (tertiary/aromatic N) is 3. The Hall–Kier alpha value is -3.34. The first-order chi connectivity index (χ1) is 14.7. The molecule has 0 radical (unpaired) electrons. The van der Waals surface area contributed by atoms with Crippen molar-refractivity contribution in [3.63, 3.8) is 0 Å². The van der Waals surface area contributed by atoms with Gasteiger partial charge in [0.05, 0.1) is 24.0 Å². The van der Waals surface area contributed by atoms with Gasteiger partial charge in [-0.1, -0.05) is 0 Å². The lowest BCUT2D eigenvalue weighted by atomic mass is 10.1. The van der Waals surface area contributed by atoms with Crippen molar-refractivity contribution >= 4 is 28.5 Å². The third-order valence-electron chi connectivity index (χ3n) is 5.16. The van der Waals surface area contributed by atoms with E-state index in [-0.39, 0.29) is 24.1 Å². The van der Waals surface area contributed by atoms with E-state index in [2.05, 4.69) is 15.3 Å². The van der Waals surface area contributed by atoms with E-state index < -0.39 is 17.5 Å². The molecule has 1 aliphatic rings. The SMILES string of the molecule is C[C@@H]1CN(CC(=O)Nc2cnc3[nH]c(=O)oc3c2)CCN1c1ccc(C(F)(F)F)cc1. The fraction of sp³-hybridized carbons (Fsp3) is 0.350. The van der Waals surface area contributed by atoms with Gasteiger partial charge in [0.25, 0.3) is 0 Å². The molecule has 164 valence electrons. The van der Waals surface area contributed by atoms with Crippen molar-refractivity contribution in [2.24, 2.45) is 0 Å². The number of pyridine rings is 1. The summed E-state index contributed by atoms with van der Waals surface area (Å²) >= 11 is 0. The number of hydrogen-bond acceptors (Lipinski definition) is 6. The second-order valence-electron chi connectivity index (χ2n) is 7.46. The third kappa shape index (κ3) is 4.71. The number of benzene rings is 1. The van der Waals surface area contributed by atoms with E-state index in [4.69, 9.17) is 4.42 Å². The molecule has 8 nitrogen and oxygen atoms in total. The summed E-state index contributed by atoms with van der Waals surface area (Å²) in [6.45, 7) is 3.87. The van der Waals surface area contributed by atoms with Crippen LogP contribution in [-0.2, 0) is 11.0 Å². The second-order valence-corrected chi connectivity index (χ2v) is 7.46. The van der Waals surface area contributed by atoms with Gasteiger partial charge in [0.15, 0.2) is 11.2 Å². The number of anilines is 2. The number of fused-ring (bicyclic) bond motifs is 1. The lowest BCUT2D eigenvalue weighted by Crippen LogP contribution is -2.53. The second kappa shape index (κ2) is 8.06. The molecule has 2 aromatic heterocycles. The van der Waals surface area contributed by atoms with Crippen LogP contribution in [0, 0.1) is 0 Å². The van der Waals surface area contributed by atoms with Crippen LogP contribution in [0.4, 0.5) is 24.5 Å². The van der Waals surface area contributed by atoms with E-state index in [1.807, 2.05) is 16.7 Å². The van der Waals surface area contributed by atoms with Crippen LogP contribution < -0.4 is 16.0 Å². The molecule has 1 atom stereocenters. The van der Waals surface area contributed by atoms with E-state index in [0.717, 1.165) is 17.8 Å². The number of nitrogens with one attached hydrogen (secondary N) is 2. The van der Waals surface area contributed by atoms with Gasteiger partial charge in [-0.05, 0) is 31.2 Å². The highest BCUT2D eigenvalue weighted by atomic mass is 19.4. The first-order valence-corrected chi connectivity index (χ1v) is 9.64. The largest absolute Gasteiger partial charge is 0.418 e. The minimum atomic E-state index is -4.36. The number of aromatic nitrogens is 2. The number of rotatable bonds is 4. The topological polar surface area (TPSA) is 94.5 Å². The summed E-state index contributed by atoms with van der Waals surface area (Å²) in [6.07, 6.45) is -2.93. The molecule has 1 amide bonds. The zero-order chi connectivity index (χ0) is 22.2. The van der Waals surface area contributed by atoms with Gasteiger partial charge in [0.1, 0.15) is 0 Å². The van der Waals surface area contributed by atoms with Gasteiger partial charge in [-0.15, -0.1) is 0 Å². The number of amides is 1. The number of aromatic amines is 1. The number of hydrogen-bond donors (Lipinski definition) is 2. The molecule has 1 saturated heterocycles. The third-order valence-corrected chi connectivity index (χ3v) is 5.16. The van der Waals surface area contributed by atoms with Crippen LogP contribution in [0.1, 0.15) is 12.5 Å². The van der Waals surface area contributed by atoms with Gasteiger partial charge >= 0.3 is 11.9 Å². The smallest absolute Gasteiger partial charge is 0.406 e. The number of halogens is 3. The van der Waals surface area contributed by atoms with Crippen LogP contribution >= 0.6 is 0 Å². The van der Waals surface area contributed by atoms with E-state index in [1.54, 1.807) is 0 Å². The molecule has 0 saturated carbocycles. The molecule has 3 aromatic rings. The van der Waals surface area contributed by atoms with Crippen molar-refractivity contribution < 1.29 is 22.4 Å². The molecule has 0 aliphatic carbocycles.